The molecule has 148 valence electrons. The molecule has 0 saturated carbocycles. The minimum Gasteiger partial charge on any atom is -0.341 e. The van der Waals surface area contributed by atoms with Crippen molar-refractivity contribution in [2.75, 3.05) is 18.0 Å². The lowest BCUT2D eigenvalue weighted by Crippen LogP contribution is -2.47. The highest BCUT2D eigenvalue weighted by atomic mass is 35.5. The maximum absolute atomic E-state index is 12.6. The van der Waals surface area contributed by atoms with E-state index in [-0.39, 0.29) is 5.78 Å². The molecule has 0 spiro atoms. The summed E-state index contributed by atoms with van der Waals surface area (Å²) >= 11 is 12.4. The third-order valence-electron chi connectivity index (χ3n) is 5.75. The van der Waals surface area contributed by atoms with Crippen molar-refractivity contribution in [2.24, 2.45) is 0 Å². The second kappa shape index (κ2) is 8.13. The molecule has 1 aromatic heterocycles. The number of Topliss-reactive ketones (excluding diaryl/α,β-unsaturated/α-hetero) is 1. The van der Waals surface area contributed by atoms with E-state index in [1.807, 2.05) is 30.3 Å². The number of halogens is 2. The van der Waals surface area contributed by atoms with Crippen LogP contribution in [0.15, 0.2) is 60.8 Å². The molecule has 0 aliphatic carbocycles. The first-order chi connectivity index (χ1) is 14.0. The standard InChI is InChI=1S/C23H21Cl2N3O/c1-16(29)23(17-5-3-2-4-6-17)10-13-28(14-11-23)22-26-12-9-21(27-22)19-8-7-18(24)15-20(19)25/h2-9,12,15H,10-11,13-14H2,1H3. The minimum atomic E-state index is -0.436. The Labute approximate surface area is 180 Å². The normalized spacial score (nSPS) is 15.9. The Kier molecular flexibility index (Phi) is 5.57. The predicted octanol–water partition coefficient (Wildman–Crippen LogP) is 5.58. The van der Waals surface area contributed by atoms with Gasteiger partial charge in [-0.2, -0.15) is 0 Å². The first kappa shape index (κ1) is 19.9. The maximum Gasteiger partial charge on any atom is 0.225 e. The molecule has 2 heterocycles. The van der Waals surface area contributed by atoms with E-state index in [9.17, 15) is 4.79 Å². The Morgan fingerprint density at radius 2 is 1.76 bits per heavy atom. The van der Waals surface area contributed by atoms with Gasteiger partial charge in [-0.05, 0) is 49.6 Å². The van der Waals surface area contributed by atoms with Crippen LogP contribution in [0, 0.1) is 0 Å². The number of ketones is 1. The molecule has 4 nitrogen and oxygen atoms in total. The highest BCUT2D eigenvalue weighted by Crippen LogP contribution is 2.37. The maximum atomic E-state index is 12.6. The van der Waals surface area contributed by atoms with Crippen LogP contribution in [0.25, 0.3) is 11.3 Å². The van der Waals surface area contributed by atoms with Gasteiger partial charge < -0.3 is 4.90 Å². The average molecular weight is 426 g/mol. The topological polar surface area (TPSA) is 46.1 Å². The molecule has 0 atom stereocenters. The number of piperidine rings is 1. The van der Waals surface area contributed by atoms with Crippen molar-refractivity contribution < 1.29 is 4.79 Å². The Bertz CT molecular complexity index is 1030. The Hall–Kier alpha value is -2.43. The van der Waals surface area contributed by atoms with Crippen LogP contribution in [-0.2, 0) is 10.2 Å². The van der Waals surface area contributed by atoms with Crippen LogP contribution in [0.4, 0.5) is 5.95 Å². The highest BCUT2D eigenvalue weighted by molar-refractivity contribution is 6.36. The lowest BCUT2D eigenvalue weighted by Gasteiger charge is -2.40. The van der Waals surface area contributed by atoms with Crippen LogP contribution in [-0.4, -0.2) is 28.8 Å². The van der Waals surface area contributed by atoms with Crippen molar-refractivity contribution in [3.63, 3.8) is 0 Å². The summed E-state index contributed by atoms with van der Waals surface area (Å²) in [5.41, 5.74) is 2.23. The molecular formula is C23H21Cl2N3O. The Morgan fingerprint density at radius 3 is 2.41 bits per heavy atom. The van der Waals surface area contributed by atoms with E-state index >= 15 is 0 Å². The molecule has 29 heavy (non-hydrogen) atoms. The number of benzene rings is 2. The number of anilines is 1. The second-order valence-corrected chi connectivity index (χ2v) is 8.20. The van der Waals surface area contributed by atoms with Crippen LogP contribution >= 0.6 is 23.2 Å². The van der Waals surface area contributed by atoms with Crippen molar-refractivity contribution in [1.82, 2.24) is 9.97 Å². The van der Waals surface area contributed by atoms with Gasteiger partial charge >= 0.3 is 0 Å². The lowest BCUT2D eigenvalue weighted by atomic mass is 9.70. The van der Waals surface area contributed by atoms with E-state index in [0.29, 0.717) is 29.1 Å². The fraction of sp³-hybridized carbons (Fsp3) is 0.261. The van der Waals surface area contributed by atoms with Crippen LogP contribution in [0.2, 0.25) is 10.0 Å². The van der Waals surface area contributed by atoms with E-state index in [4.69, 9.17) is 28.2 Å². The van der Waals surface area contributed by atoms with Crippen LogP contribution in [0.5, 0.6) is 0 Å². The molecule has 0 unspecified atom stereocenters. The predicted molar refractivity (Wildman–Crippen MR) is 118 cm³/mol. The molecule has 1 aliphatic rings. The SMILES string of the molecule is CC(=O)C1(c2ccccc2)CCN(c2nccc(-c3ccc(Cl)cc3Cl)n2)CC1. The lowest BCUT2D eigenvalue weighted by molar-refractivity contribution is -0.123. The summed E-state index contributed by atoms with van der Waals surface area (Å²) in [4.78, 5) is 23.9. The van der Waals surface area contributed by atoms with Gasteiger partial charge in [0.2, 0.25) is 5.95 Å². The molecule has 6 heteroatoms. The van der Waals surface area contributed by atoms with E-state index in [1.165, 1.54) is 0 Å². The molecule has 0 N–H and O–H groups in total. The molecular weight excluding hydrogens is 405 g/mol. The summed E-state index contributed by atoms with van der Waals surface area (Å²) in [7, 11) is 0. The number of carbonyl (C=O) groups excluding carboxylic acids is 1. The highest BCUT2D eigenvalue weighted by Gasteiger charge is 2.40. The van der Waals surface area contributed by atoms with E-state index in [2.05, 4.69) is 22.0 Å². The van der Waals surface area contributed by atoms with Gasteiger partial charge in [0, 0.05) is 29.9 Å². The molecule has 0 bridgehead atoms. The quantitative estimate of drug-likeness (QED) is 0.547. The van der Waals surface area contributed by atoms with Gasteiger partial charge in [0.15, 0.2) is 0 Å². The van der Waals surface area contributed by atoms with Crippen LogP contribution in [0.3, 0.4) is 0 Å². The molecule has 1 saturated heterocycles. The summed E-state index contributed by atoms with van der Waals surface area (Å²) in [5.74, 6) is 0.865. The number of hydrogen-bond donors (Lipinski definition) is 0. The number of hydrogen-bond acceptors (Lipinski definition) is 4. The third kappa shape index (κ3) is 3.87. The summed E-state index contributed by atoms with van der Waals surface area (Å²) in [5, 5.41) is 1.14. The van der Waals surface area contributed by atoms with Gasteiger partial charge in [-0.25, -0.2) is 9.97 Å². The van der Waals surface area contributed by atoms with Crippen LogP contribution < -0.4 is 4.90 Å². The van der Waals surface area contributed by atoms with Crippen molar-refractivity contribution in [1.29, 1.82) is 0 Å². The van der Waals surface area contributed by atoms with Gasteiger partial charge in [-0.3, -0.25) is 4.79 Å². The second-order valence-electron chi connectivity index (χ2n) is 7.36. The van der Waals surface area contributed by atoms with Crippen LogP contribution in [0.1, 0.15) is 25.3 Å². The minimum absolute atomic E-state index is 0.214. The van der Waals surface area contributed by atoms with Gasteiger partial charge in [-0.15, -0.1) is 0 Å². The van der Waals surface area contributed by atoms with Crippen molar-refractivity contribution in [3.05, 3.63) is 76.4 Å². The molecule has 4 rings (SSSR count). The fourth-order valence-corrected chi connectivity index (χ4v) is 4.54. The van der Waals surface area contributed by atoms with Crippen molar-refractivity contribution in [2.45, 2.75) is 25.2 Å². The monoisotopic (exact) mass is 425 g/mol. The largest absolute Gasteiger partial charge is 0.341 e. The Balaban J connectivity index is 1.58. The molecule has 1 fully saturated rings. The fourth-order valence-electron chi connectivity index (χ4n) is 4.04. The van der Waals surface area contributed by atoms with Crippen molar-refractivity contribution in [3.8, 4) is 11.3 Å². The molecule has 0 amide bonds. The number of nitrogens with zero attached hydrogens (tertiary/aromatic N) is 3. The smallest absolute Gasteiger partial charge is 0.225 e. The number of rotatable bonds is 4. The van der Waals surface area contributed by atoms with E-state index in [1.54, 1.807) is 25.3 Å². The zero-order chi connectivity index (χ0) is 20.4. The van der Waals surface area contributed by atoms with Gasteiger partial charge in [0.25, 0.3) is 0 Å². The zero-order valence-electron chi connectivity index (χ0n) is 16.1. The summed E-state index contributed by atoms with van der Waals surface area (Å²) < 4.78 is 0. The van der Waals surface area contributed by atoms with E-state index in [0.717, 1.165) is 29.7 Å². The number of carbonyl (C=O) groups is 1. The Morgan fingerprint density at radius 1 is 1.03 bits per heavy atom. The summed E-state index contributed by atoms with van der Waals surface area (Å²) in [6, 6.07) is 17.3. The molecule has 1 aliphatic heterocycles. The summed E-state index contributed by atoms with van der Waals surface area (Å²) in [6.07, 6.45) is 3.22. The third-order valence-corrected chi connectivity index (χ3v) is 6.30. The van der Waals surface area contributed by atoms with Gasteiger partial charge in [0.1, 0.15) is 5.78 Å². The number of aromatic nitrogens is 2. The first-order valence-electron chi connectivity index (χ1n) is 9.60. The van der Waals surface area contributed by atoms with Gasteiger partial charge in [0.05, 0.1) is 16.1 Å². The first-order valence-corrected chi connectivity index (χ1v) is 10.4. The van der Waals surface area contributed by atoms with E-state index < -0.39 is 5.41 Å². The van der Waals surface area contributed by atoms with Crippen molar-refractivity contribution >= 4 is 34.9 Å². The zero-order valence-corrected chi connectivity index (χ0v) is 17.6. The van der Waals surface area contributed by atoms with Gasteiger partial charge in [-0.1, -0.05) is 53.5 Å². The summed E-state index contributed by atoms with van der Waals surface area (Å²) in [6.45, 7) is 3.13. The molecule has 0 radical (unpaired) electrons. The molecule has 2 aromatic carbocycles. The average Bonchev–Trinajstić information content (AvgIpc) is 2.74. The molecule has 3 aromatic rings.